The summed E-state index contributed by atoms with van der Waals surface area (Å²) in [7, 11) is 0. The molecule has 56 heavy (non-hydrogen) atoms. The Bertz CT molecular complexity index is 1660. The summed E-state index contributed by atoms with van der Waals surface area (Å²) in [4.78, 5) is 29.9. The molecule has 0 aliphatic heterocycles. The van der Waals surface area contributed by atoms with Crippen molar-refractivity contribution in [3.05, 3.63) is 120 Å². The summed E-state index contributed by atoms with van der Waals surface area (Å²) in [5.41, 5.74) is 1.04. The van der Waals surface area contributed by atoms with Crippen molar-refractivity contribution in [2.24, 2.45) is 11.8 Å². The van der Waals surface area contributed by atoms with Crippen LogP contribution in [0.2, 0.25) is 0 Å². The second-order valence-corrected chi connectivity index (χ2v) is 13.9. The van der Waals surface area contributed by atoms with Crippen LogP contribution in [0, 0.1) is 11.8 Å². The molecule has 1 amide bonds. The molecule has 10 nitrogen and oxygen atoms in total. The maximum atomic E-state index is 12.8. The first-order chi connectivity index (χ1) is 26.7. The van der Waals surface area contributed by atoms with E-state index < -0.39 is 36.0 Å². The second kappa shape index (κ2) is 23.5. The number of esters is 1. The fourth-order valence-corrected chi connectivity index (χ4v) is 6.31. The average molecular weight is 785 g/mol. The molecule has 1 aliphatic rings. The van der Waals surface area contributed by atoms with Gasteiger partial charge in [-0.2, -0.15) is 13.2 Å². The van der Waals surface area contributed by atoms with Gasteiger partial charge in [-0.25, -0.2) is 0 Å². The Morgan fingerprint density at radius 1 is 1.00 bits per heavy atom. The number of aliphatic hydroxyl groups is 4. The number of ether oxygens (including phenoxy) is 2. The SMILES string of the molecule is CC(C)OC(=O)CCC/C=C\C[C@@H]1[C@@H](/C=C/[C@@H](O)COc2cccc(C(F)(F)F)c2)[C@H](O)C[C@@H]1O.CCN(Cc1ccncc1)C(=O)C(CO)c1ccccc1. The van der Waals surface area contributed by atoms with Crippen LogP contribution in [0.1, 0.15) is 75.5 Å². The Morgan fingerprint density at radius 3 is 2.36 bits per heavy atom. The molecule has 0 radical (unpaired) electrons. The fourth-order valence-electron chi connectivity index (χ4n) is 6.31. The number of rotatable bonds is 18. The van der Waals surface area contributed by atoms with Crippen LogP contribution in [-0.4, -0.2) is 86.4 Å². The predicted molar refractivity (Wildman–Crippen MR) is 206 cm³/mol. The first-order valence-electron chi connectivity index (χ1n) is 18.9. The van der Waals surface area contributed by atoms with E-state index in [9.17, 15) is 43.2 Å². The number of benzene rings is 2. The third-order valence-corrected chi connectivity index (χ3v) is 9.25. The lowest BCUT2D eigenvalue weighted by atomic mass is 9.89. The number of pyridine rings is 1. The molecule has 2 aromatic carbocycles. The number of hydrogen-bond acceptors (Lipinski definition) is 9. The summed E-state index contributed by atoms with van der Waals surface area (Å²) in [6, 6.07) is 17.6. The van der Waals surface area contributed by atoms with E-state index in [0.717, 1.165) is 23.3 Å². The molecule has 1 aliphatic carbocycles. The largest absolute Gasteiger partial charge is 0.491 e. The number of likely N-dealkylation sites (N-methyl/N-ethyl adjacent to an activating group) is 1. The van der Waals surface area contributed by atoms with Gasteiger partial charge in [0.05, 0.1) is 36.4 Å². The molecule has 1 heterocycles. The van der Waals surface area contributed by atoms with E-state index in [0.29, 0.717) is 38.8 Å². The van der Waals surface area contributed by atoms with Crippen molar-refractivity contribution in [2.45, 2.75) is 95.9 Å². The van der Waals surface area contributed by atoms with Crippen molar-refractivity contribution in [3.63, 3.8) is 0 Å². The number of carbonyl (C=O) groups excluding carboxylic acids is 2. The molecular formula is C43H55F3N2O8. The zero-order chi connectivity index (χ0) is 41.1. The van der Waals surface area contributed by atoms with E-state index in [1.807, 2.05) is 61.5 Å². The number of amides is 1. The van der Waals surface area contributed by atoms with Gasteiger partial charge in [0.1, 0.15) is 18.5 Å². The number of hydrogen-bond donors (Lipinski definition) is 4. The minimum Gasteiger partial charge on any atom is -0.491 e. The van der Waals surface area contributed by atoms with Crippen LogP contribution in [0.25, 0.3) is 0 Å². The minimum atomic E-state index is -4.49. The van der Waals surface area contributed by atoms with Gasteiger partial charge in [-0.05, 0) is 87.4 Å². The van der Waals surface area contributed by atoms with Gasteiger partial charge in [-0.1, -0.05) is 60.7 Å². The average Bonchev–Trinajstić information content (AvgIpc) is 3.44. The van der Waals surface area contributed by atoms with Crippen LogP contribution < -0.4 is 4.74 Å². The topological polar surface area (TPSA) is 150 Å². The minimum absolute atomic E-state index is 0.0101. The highest BCUT2D eigenvalue weighted by Gasteiger charge is 2.39. The summed E-state index contributed by atoms with van der Waals surface area (Å²) in [6.45, 7) is 6.23. The summed E-state index contributed by atoms with van der Waals surface area (Å²) < 4.78 is 48.8. The van der Waals surface area contributed by atoms with Crippen LogP contribution in [-0.2, 0) is 27.0 Å². The Hall–Kier alpha value is -4.56. The molecule has 0 saturated heterocycles. The smallest absolute Gasteiger partial charge is 0.416 e. The van der Waals surface area contributed by atoms with Crippen molar-refractivity contribution in [3.8, 4) is 5.75 Å². The Morgan fingerprint density at radius 2 is 1.71 bits per heavy atom. The normalized spacial score (nSPS) is 19.4. The lowest BCUT2D eigenvalue weighted by molar-refractivity contribution is -0.147. The molecule has 1 fully saturated rings. The van der Waals surface area contributed by atoms with E-state index in [-0.39, 0.29) is 55.2 Å². The molecule has 6 atom stereocenters. The van der Waals surface area contributed by atoms with E-state index in [1.165, 1.54) is 18.2 Å². The quantitative estimate of drug-likeness (QED) is 0.0634. The molecule has 0 bridgehead atoms. The van der Waals surface area contributed by atoms with E-state index in [1.54, 1.807) is 37.2 Å². The van der Waals surface area contributed by atoms with Gasteiger partial charge in [-0.15, -0.1) is 0 Å². The van der Waals surface area contributed by atoms with Crippen molar-refractivity contribution in [2.75, 3.05) is 19.8 Å². The molecular weight excluding hydrogens is 729 g/mol. The van der Waals surface area contributed by atoms with Crippen molar-refractivity contribution in [1.29, 1.82) is 0 Å². The predicted octanol–water partition coefficient (Wildman–Crippen LogP) is 6.63. The third-order valence-electron chi connectivity index (χ3n) is 9.25. The maximum Gasteiger partial charge on any atom is 0.416 e. The molecule has 1 saturated carbocycles. The molecule has 3 aromatic rings. The summed E-state index contributed by atoms with van der Waals surface area (Å²) in [5.74, 6) is -1.44. The summed E-state index contributed by atoms with van der Waals surface area (Å²) >= 11 is 0. The van der Waals surface area contributed by atoms with Crippen LogP contribution >= 0.6 is 0 Å². The molecule has 0 spiro atoms. The number of halogens is 3. The van der Waals surface area contributed by atoms with Crippen molar-refractivity contribution < 1.29 is 52.7 Å². The van der Waals surface area contributed by atoms with Crippen LogP contribution in [0.5, 0.6) is 5.75 Å². The number of unbranched alkanes of at least 4 members (excludes halogenated alkanes) is 1. The molecule has 306 valence electrons. The Balaban J connectivity index is 0.000000340. The molecule has 1 unspecified atom stereocenters. The monoisotopic (exact) mass is 784 g/mol. The standard InChI is InChI=1S/C26H35F3O6.C17H20N2O2/c1-17(2)35-25(33)11-6-4-3-5-10-21-22(24(32)15-23(21)31)13-12-19(30)16-34-20-9-7-8-18(14-20)26(27,28)29;1-2-19(12-14-8-10-18-11-9-14)17(21)16(13-20)15-6-4-3-5-7-15/h3,5,7-9,12-14,17,19,21-24,30-32H,4,6,10-11,15-16H2,1-2H3;3-11,16,20H,2,12-13H2,1H3/b5-3-,13-12+;/t19-,21-,22-,23+,24-;/m1./s1. The highest BCUT2D eigenvalue weighted by molar-refractivity contribution is 5.84. The van der Waals surface area contributed by atoms with Gasteiger partial charge in [0.2, 0.25) is 5.91 Å². The number of alkyl halides is 3. The number of aromatic nitrogens is 1. The molecule has 13 heteroatoms. The zero-order valence-electron chi connectivity index (χ0n) is 32.2. The zero-order valence-corrected chi connectivity index (χ0v) is 32.2. The summed E-state index contributed by atoms with van der Waals surface area (Å²) in [5, 5.41) is 40.4. The lowest BCUT2D eigenvalue weighted by Crippen LogP contribution is -2.36. The molecule has 4 N–H and O–H groups in total. The maximum absolute atomic E-state index is 12.8. The van der Waals surface area contributed by atoms with Gasteiger partial charge < -0.3 is 34.8 Å². The van der Waals surface area contributed by atoms with Crippen molar-refractivity contribution >= 4 is 11.9 Å². The number of nitrogens with zero attached hydrogens (tertiary/aromatic N) is 2. The second-order valence-electron chi connectivity index (χ2n) is 13.9. The van der Waals surface area contributed by atoms with E-state index in [4.69, 9.17) is 9.47 Å². The van der Waals surface area contributed by atoms with Crippen LogP contribution in [0.4, 0.5) is 13.2 Å². The van der Waals surface area contributed by atoms with E-state index >= 15 is 0 Å². The molecule has 1 aromatic heterocycles. The highest BCUT2D eigenvalue weighted by Crippen LogP contribution is 2.36. The number of carbonyl (C=O) groups is 2. The van der Waals surface area contributed by atoms with Crippen LogP contribution in [0.15, 0.2) is 103 Å². The fraction of sp³-hybridized carbons (Fsp3) is 0.465. The van der Waals surface area contributed by atoms with Crippen molar-refractivity contribution in [1.82, 2.24) is 9.88 Å². The summed E-state index contributed by atoms with van der Waals surface area (Å²) in [6.07, 6.45) is 5.52. The van der Waals surface area contributed by atoms with E-state index in [2.05, 4.69) is 4.98 Å². The lowest BCUT2D eigenvalue weighted by Gasteiger charge is -2.25. The molecule has 4 rings (SSSR count). The van der Waals surface area contributed by atoms with Gasteiger partial charge in [0.15, 0.2) is 0 Å². The van der Waals surface area contributed by atoms with Gasteiger partial charge >= 0.3 is 12.1 Å². The Labute approximate surface area is 327 Å². The van der Waals surface area contributed by atoms with Crippen LogP contribution in [0.3, 0.4) is 0 Å². The Kier molecular flexibility index (Phi) is 19.2. The third kappa shape index (κ3) is 15.5. The van der Waals surface area contributed by atoms with Gasteiger partial charge in [0.25, 0.3) is 0 Å². The number of allylic oxidation sites excluding steroid dienone is 2. The first kappa shape index (κ1) is 45.8. The first-order valence-corrected chi connectivity index (χ1v) is 18.9. The van der Waals surface area contributed by atoms with Gasteiger partial charge in [0, 0.05) is 44.2 Å². The van der Waals surface area contributed by atoms with Gasteiger partial charge in [-0.3, -0.25) is 14.6 Å². The number of aliphatic hydroxyl groups excluding tert-OH is 4. The highest BCUT2D eigenvalue weighted by atomic mass is 19.4.